The Balaban J connectivity index is 2.06. The van der Waals surface area contributed by atoms with Crippen molar-refractivity contribution in [3.05, 3.63) is 41.6 Å². The Bertz CT molecular complexity index is 558. The molecule has 0 aliphatic heterocycles. The molecule has 2 aromatic rings. The first-order chi connectivity index (χ1) is 9.72. The van der Waals surface area contributed by atoms with Gasteiger partial charge in [-0.1, -0.05) is 30.8 Å². The minimum absolute atomic E-state index is 0.552. The zero-order valence-electron chi connectivity index (χ0n) is 11.8. The molecule has 1 aromatic heterocycles. The van der Waals surface area contributed by atoms with E-state index in [2.05, 4.69) is 16.9 Å². The molecule has 0 saturated carbocycles. The van der Waals surface area contributed by atoms with E-state index in [1.165, 1.54) is 17.3 Å². The minimum Gasteiger partial charge on any atom is -0.494 e. The van der Waals surface area contributed by atoms with Crippen LogP contribution in [0.3, 0.4) is 0 Å². The molecular weight excluding hydrogens is 270 g/mol. The van der Waals surface area contributed by atoms with E-state index in [-0.39, 0.29) is 0 Å². The smallest absolute Gasteiger partial charge is 0.189 e. The van der Waals surface area contributed by atoms with Crippen LogP contribution in [0.5, 0.6) is 5.75 Å². The van der Waals surface area contributed by atoms with Crippen molar-refractivity contribution in [2.24, 2.45) is 0 Å². The first-order valence-corrected chi connectivity index (χ1v) is 7.82. The van der Waals surface area contributed by atoms with Crippen molar-refractivity contribution >= 4 is 17.6 Å². The first-order valence-electron chi connectivity index (χ1n) is 6.60. The van der Waals surface area contributed by atoms with Gasteiger partial charge in [-0.25, -0.2) is 9.97 Å². The molecule has 0 amide bonds. The van der Waals surface area contributed by atoms with Crippen LogP contribution in [0.4, 0.5) is 5.82 Å². The van der Waals surface area contributed by atoms with Gasteiger partial charge in [-0.2, -0.15) is 0 Å². The van der Waals surface area contributed by atoms with Gasteiger partial charge >= 0.3 is 0 Å². The quantitative estimate of drug-likeness (QED) is 0.654. The summed E-state index contributed by atoms with van der Waals surface area (Å²) in [7, 11) is 0. The van der Waals surface area contributed by atoms with Crippen LogP contribution in [0.25, 0.3) is 0 Å². The molecule has 2 rings (SSSR count). The first kappa shape index (κ1) is 14.7. The molecule has 0 aliphatic carbocycles. The molecule has 0 spiro atoms. The third kappa shape index (κ3) is 3.87. The van der Waals surface area contributed by atoms with Gasteiger partial charge in [0.25, 0.3) is 0 Å². The van der Waals surface area contributed by atoms with E-state index >= 15 is 0 Å². The lowest BCUT2D eigenvalue weighted by Crippen LogP contribution is -2.01. The summed E-state index contributed by atoms with van der Waals surface area (Å²) in [6.07, 6.45) is 5.48. The highest BCUT2D eigenvalue weighted by Crippen LogP contribution is 2.19. The van der Waals surface area contributed by atoms with Crippen molar-refractivity contribution in [1.29, 1.82) is 0 Å². The molecule has 0 bridgehead atoms. The maximum atomic E-state index is 5.95. The number of nitrogens with zero attached hydrogens (tertiary/aromatic N) is 2. The number of benzene rings is 1. The molecule has 0 fully saturated rings. The summed E-state index contributed by atoms with van der Waals surface area (Å²) in [4.78, 5) is 8.51. The summed E-state index contributed by atoms with van der Waals surface area (Å²) in [6.45, 7) is 2.84. The van der Waals surface area contributed by atoms with Crippen LogP contribution in [0.2, 0.25) is 0 Å². The zero-order valence-corrected chi connectivity index (χ0v) is 12.6. The van der Waals surface area contributed by atoms with Gasteiger partial charge in [0.2, 0.25) is 0 Å². The molecule has 0 unspecified atom stereocenters. The van der Waals surface area contributed by atoms with Gasteiger partial charge in [0.05, 0.1) is 6.61 Å². The fourth-order valence-electron chi connectivity index (χ4n) is 1.78. The standard InChI is InChI=1S/C15H19N3OS/c1-3-8-19-13-6-4-11(5-7-13)9-12-10-17-15(20-2)18-14(12)16/h4-7,10H,3,8-9H2,1-2H3,(H2,16,17,18). The van der Waals surface area contributed by atoms with E-state index in [1.807, 2.05) is 30.5 Å². The molecule has 2 N–H and O–H groups in total. The number of rotatable bonds is 6. The van der Waals surface area contributed by atoms with Crippen LogP contribution in [0.1, 0.15) is 24.5 Å². The van der Waals surface area contributed by atoms with E-state index < -0.39 is 0 Å². The number of anilines is 1. The Morgan fingerprint density at radius 2 is 2.00 bits per heavy atom. The van der Waals surface area contributed by atoms with Crippen LogP contribution in [-0.4, -0.2) is 22.8 Å². The molecule has 0 saturated heterocycles. The molecule has 20 heavy (non-hydrogen) atoms. The number of hydrogen-bond acceptors (Lipinski definition) is 5. The van der Waals surface area contributed by atoms with Crippen molar-refractivity contribution in [3.8, 4) is 5.75 Å². The summed E-state index contributed by atoms with van der Waals surface area (Å²) in [5.41, 5.74) is 8.07. The third-order valence-corrected chi connectivity index (χ3v) is 3.41. The predicted molar refractivity (Wildman–Crippen MR) is 83.3 cm³/mol. The highest BCUT2D eigenvalue weighted by Gasteiger charge is 2.05. The highest BCUT2D eigenvalue weighted by atomic mass is 32.2. The molecule has 106 valence electrons. The zero-order chi connectivity index (χ0) is 14.4. The molecule has 0 aliphatic rings. The van der Waals surface area contributed by atoms with Crippen molar-refractivity contribution in [1.82, 2.24) is 9.97 Å². The maximum Gasteiger partial charge on any atom is 0.189 e. The number of aromatic nitrogens is 2. The van der Waals surface area contributed by atoms with E-state index in [0.29, 0.717) is 11.0 Å². The number of thioether (sulfide) groups is 1. The van der Waals surface area contributed by atoms with Gasteiger partial charge in [0.1, 0.15) is 11.6 Å². The van der Waals surface area contributed by atoms with Gasteiger partial charge in [0.15, 0.2) is 5.16 Å². The van der Waals surface area contributed by atoms with Crippen molar-refractivity contribution < 1.29 is 4.74 Å². The van der Waals surface area contributed by atoms with Crippen LogP contribution < -0.4 is 10.5 Å². The van der Waals surface area contributed by atoms with E-state index in [1.54, 1.807) is 6.20 Å². The Morgan fingerprint density at radius 1 is 1.25 bits per heavy atom. The summed E-state index contributed by atoms with van der Waals surface area (Å²) in [5.74, 6) is 1.45. The minimum atomic E-state index is 0.552. The number of nitrogens with two attached hydrogens (primary N) is 1. The molecule has 0 atom stereocenters. The Labute approximate surface area is 123 Å². The second-order valence-electron chi connectivity index (χ2n) is 4.44. The van der Waals surface area contributed by atoms with Crippen molar-refractivity contribution in [2.75, 3.05) is 18.6 Å². The topological polar surface area (TPSA) is 61.0 Å². The van der Waals surface area contributed by atoms with Gasteiger partial charge in [-0.05, 0) is 30.4 Å². The van der Waals surface area contributed by atoms with Crippen molar-refractivity contribution in [3.63, 3.8) is 0 Å². The fraction of sp³-hybridized carbons (Fsp3) is 0.333. The van der Waals surface area contributed by atoms with Crippen molar-refractivity contribution in [2.45, 2.75) is 24.9 Å². The monoisotopic (exact) mass is 289 g/mol. The number of ether oxygens (including phenoxy) is 1. The van der Waals surface area contributed by atoms with Gasteiger partial charge < -0.3 is 10.5 Å². The lowest BCUT2D eigenvalue weighted by molar-refractivity contribution is 0.317. The Morgan fingerprint density at radius 3 is 2.60 bits per heavy atom. The van der Waals surface area contributed by atoms with Gasteiger partial charge in [-0.15, -0.1) is 0 Å². The second-order valence-corrected chi connectivity index (χ2v) is 5.21. The largest absolute Gasteiger partial charge is 0.494 e. The molecule has 4 nitrogen and oxygen atoms in total. The average molecular weight is 289 g/mol. The molecular formula is C15H19N3OS. The molecule has 1 aromatic carbocycles. The van der Waals surface area contributed by atoms with E-state index in [9.17, 15) is 0 Å². The normalized spacial score (nSPS) is 10.5. The van der Waals surface area contributed by atoms with Crippen LogP contribution in [0.15, 0.2) is 35.6 Å². The number of hydrogen-bond donors (Lipinski definition) is 1. The fourth-order valence-corrected chi connectivity index (χ4v) is 2.13. The predicted octanol–water partition coefficient (Wildman–Crippen LogP) is 3.16. The highest BCUT2D eigenvalue weighted by molar-refractivity contribution is 7.98. The summed E-state index contributed by atoms with van der Waals surface area (Å²) >= 11 is 1.49. The van der Waals surface area contributed by atoms with Crippen LogP contribution in [0, 0.1) is 0 Å². The van der Waals surface area contributed by atoms with Crippen LogP contribution >= 0.6 is 11.8 Å². The maximum absolute atomic E-state index is 5.95. The van der Waals surface area contributed by atoms with Gasteiger partial charge in [0, 0.05) is 18.2 Å². The summed E-state index contributed by atoms with van der Waals surface area (Å²) in [5, 5.41) is 0.703. The SMILES string of the molecule is CCCOc1ccc(Cc2cnc(SC)nc2N)cc1. The van der Waals surface area contributed by atoms with E-state index in [4.69, 9.17) is 10.5 Å². The molecule has 0 radical (unpaired) electrons. The lowest BCUT2D eigenvalue weighted by Gasteiger charge is -2.08. The summed E-state index contributed by atoms with van der Waals surface area (Å²) in [6, 6.07) is 8.07. The molecule has 5 heteroatoms. The number of nitrogen functional groups attached to an aromatic ring is 1. The summed E-state index contributed by atoms with van der Waals surface area (Å²) < 4.78 is 5.56. The third-order valence-electron chi connectivity index (χ3n) is 2.85. The Hall–Kier alpha value is -1.75. The average Bonchev–Trinajstić information content (AvgIpc) is 2.48. The molecule has 1 heterocycles. The van der Waals surface area contributed by atoms with E-state index in [0.717, 1.165) is 30.8 Å². The second kappa shape index (κ2) is 7.14. The lowest BCUT2D eigenvalue weighted by atomic mass is 10.1. The van der Waals surface area contributed by atoms with Gasteiger partial charge in [-0.3, -0.25) is 0 Å². The van der Waals surface area contributed by atoms with Crippen LogP contribution in [-0.2, 0) is 6.42 Å². The Kier molecular flexibility index (Phi) is 5.24.